The summed E-state index contributed by atoms with van der Waals surface area (Å²) in [5.74, 6) is 2.07. The maximum Gasteiger partial charge on any atom is 0.163 e. The maximum atomic E-state index is 4.55. The van der Waals surface area contributed by atoms with Gasteiger partial charge in [-0.3, -0.25) is 4.68 Å². The van der Waals surface area contributed by atoms with Crippen molar-refractivity contribution in [3.8, 4) is 0 Å². The first kappa shape index (κ1) is 15.5. The zero-order chi connectivity index (χ0) is 17.5. The second-order valence-electron chi connectivity index (χ2n) is 7.13. The molecule has 0 aromatic carbocycles. The minimum Gasteiger partial charge on any atom is -0.356 e. The second-order valence-corrected chi connectivity index (χ2v) is 7.13. The molecule has 0 bridgehead atoms. The summed E-state index contributed by atoms with van der Waals surface area (Å²) in [7, 11) is 1.92. The maximum absolute atomic E-state index is 4.55. The van der Waals surface area contributed by atoms with Crippen molar-refractivity contribution in [2.24, 2.45) is 7.05 Å². The predicted molar refractivity (Wildman–Crippen MR) is 99.1 cm³/mol. The highest BCUT2D eigenvalue weighted by atomic mass is 15.3. The van der Waals surface area contributed by atoms with Crippen molar-refractivity contribution < 1.29 is 0 Å². The van der Waals surface area contributed by atoms with E-state index in [1.165, 1.54) is 12.8 Å². The molecule has 2 fully saturated rings. The van der Waals surface area contributed by atoms with Crippen LogP contribution < -0.4 is 9.80 Å². The third-order valence-electron chi connectivity index (χ3n) is 5.44. The van der Waals surface area contributed by atoms with Crippen LogP contribution in [-0.2, 0) is 7.05 Å². The Bertz CT molecular complexity index is 896. The molecule has 3 aromatic heterocycles. The molecule has 1 aliphatic heterocycles. The average Bonchev–Trinajstić information content (AvgIpc) is 3.45. The van der Waals surface area contributed by atoms with Crippen LogP contribution in [0.25, 0.3) is 11.0 Å². The highest BCUT2D eigenvalue weighted by Crippen LogP contribution is 2.36. The van der Waals surface area contributed by atoms with Crippen LogP contribution in [0.4, 0.5) is 11.6 Å². The summed E-state index contributed by atoms with van der Waals surface area (Å²) in [6.07, 6.45) is 11.8. The standard InChI is InChI=1S/C18H22N8/c1-24-17-15(10-23-24)18(22-12-21-17)25-8-5-14(6-9-25)26(13-2-3-13)16-4-7-19-11-20-16/h4,7,10-14H,2-3,5-6,8-9H2,1H3. The Morgan fingerprint density at radius 2 is 1.81 bits per heavy atom. The molecule has 1 saturated carbocycles. The van der Waals surface area contributed by atoms with E-state index in [0.29, 0.717) is 12.1 Å². The van der Waals surface area contributed by atoms with Crippen molar-refractivity contribution in [1.82, 2.24) is 29.7 Å². The zero-order valence-corrected chi connectivity index (χ0v) is 14.9. The number of hydrogen-bond acceptors (Lipinski definition) is 7. The highest BCUT2D eigenvalue weighted by Gasteiger charge is 2.36. The summed E-state index contributed by atoms with van der Waals surface area (Å²) in [5.41, 5.74) is 0.887. The smallest absolute Gasteiger partial charge is 0.163 e. The molecule has 0 atom stereocenters. The van der Waals surface area contributed by atoms with Gasteiger partial charge in [-0.15, -0.1) is 0 Å². The van der Waals surface area contributed by atoms with E-state index in [9.17, 15) is 0 Å². The predicted octanol–water partition coefficient (Wildman–Crippen LogP) is 1.79. The van der Waals surface area contributed by atoms with Crippen molar-refractivity contribution in [3.63, 3.8) is 0 Å². The second kappa shape index (κ2) is 6.19. The fraction of sp³-hybridized carbons (Fsp3) is 0.500. The molecular formula is C18H22N8. The van der Waals surface area contributed by atoms with Crippen LogP contribution in [-0.4, -0.2) is 54.9 Å². The minimum atomic E-state index is 0.528. The van der Waals surface area contributed by atoms with E-state index in [4.69, 9.17) is 0 Å². The Labute approximate surface area is 151 Å². The fourth-order valence-electron chi connectivity index (χ4n) is 4.02. The quantitative estimate of drug-likeness (QED) is 0.710. The molecule has 8 nitrogen and oxygen atoms in total. The van der Waals surface area contributed by atoms with E-state index in [-0.39, 0.29) is 0 Å². The van der Waals surface area contributed by atoms with E-state index in [0.717, 1.165) is 48.6 Å². The first-order valence-electron chi connectivity index (χ1n) is 9.23. The molecule has 0 unspecified atom stereocenters. The van der Waals surface area contributed by atoms with Gasteiger partial charge in [0.25, 0.3) is 0 Å². The molecule has 2 aliphatic rings. The normalized spacial score (nSPS) is 18.4. The summed E-state index contributed by atoms with van der Waals surface area (Å²) >= 11 is 0. The number of piperidine rings is 1. The topological polar surface area (TPSA) is 75.9 Å². The minimum absolute atomic E-state index is 0.528. The summed E-state index contributed by atoms with van der Waals surface area (Å²) in [5, 5.41) is 5.36. The number of rotatable bonds is 4. The Morgan fingerprint density at radius 3 is 2.54 bits per heavy atom. The van der Waals surface area contributed by atoms with Crippen LogP contribution in [0.2, 0.25) is 0 Å². The van der Waals surface area contributed by atoms with E-state index in [1.54, 1.807) is 17.3 Å². The lowest BCUT2D eigenvalue weighted by Gasteiger charge is -2.39. The lowest BCUT2D eigenvalue weighted by Crippen LogP contribution is -2.46. The number of aryl methyl sites for hydroxylation is 1. The van der Waals surface area contributed by atoms with Crippen LogP contribution in [0, 0.1) is 0 Å². The van der Waals surface area contributed by atoms with Crippen molar-refractivity contribution in [3.05, 3.63) is 31.1 Å². The van der Waals surface area contributed by atoms with E-state index in [1.807, 2.05) is 25.5 Å². The molecule has 0 N–H and O–H groups in total. The Balaban J connectivity index is 1.35. The fourth-order valence-corrected chi connectivity index (χ4v) is 4.02. The SMILES string of the molecule is Cn1ncc2c(N3CCC(N(c4ccncn4)C4CC4)CC3)ncnc21. The Hall–Kier alpha value is -2.77. The third kappa shape index (κ3) is 2.65. The molecule has 26 heavy (non-hydrogen) atoms. The molecular weight excluding hydrogens is 328 g/mol. The lowest BCUT2D eigenvalue weighted by atomic mass is 10.0. The zero-order valence-electron chi connectivity index (χ0n) is 14.9. The van der Waals surface area contributed by atoms with Gasteiger partial charge in [0.05, 0.1) is 11.6 Å². The van der Waals surface area contributed by atoms with Gasteiger partial charge in [0, 0.05) is 38.4 Å². The van der Waals surface area contributed by atoms with Gasteiger partial charge >= 0.3 is 0 Å². The van der Waals surface area contributed by atoms with Gasteiger partial charge in [-0.1, -0.05) is 0 Å². The average molecular weight is 350 g/mol. The van der Waals surface area contributed by atoms with Gasteiger partial charge in [0.1, 0.15) is 24.3 Å². The van der Waals surface area contributed by atoms with Crippen LogP contribution in [0.1, 0.15) is 25.7 Å². The first-order chi connectivity index (χ1) is 12.8. The number of anilines is 2. The monoisotopic (exact) mass is 350 g/mol. The van der Waals surface area contributed by atoms with Gasteiger partial charge in [-0.25, -0.2) is 19.9 Å². The van der Waals surface area contributed by atoms with Crippen molar-refractivity contribution in [2.75, 3.05) is 22.9 Å². The highest BCUT2D eigenvalue weighted by molar-refractivity contribution is 5.86. The number of hydrogen-bond donors (Lipinski definition) is 0. The number of fused-ring (bicyclic) bond motifs is 1. The van der Waals surface area contributed by atoms with Crippen LogP contribution in [0.15, 0.2) is 31.1 Å². The van der Waals surface area contributed by atoms with Crippen molar-refractivity contribution in [2.45, 2.75) is 37.8 Å². The number of aromatic nitrogens is 6. The molecule has 1 saturated heterocycles. The Kier molecular flexibility index (Phi) is 3.69. The molecule has 0 spiro atoms. The lowest BCUT2D eigenvalue weighted by molar-refractivity contribution is 0.458. The molecule has 0 radical (unpaired) electrons. The van der Waals surface area contributed by atoms with Crippen molar-refractivity contribution in [1.29, 1.82) is 0 Å². The molecule has 134 valence electrons. The summed E-state index contributed by atoms with van der Waals surface area (Å²) in [4.78, 5) is 22.4. The van der Waals surface area contributed by atoms with Gasteiger partial charge in [-0.2, -0.15) is 5.10 Å². The van der Waals surface area contributed by atoms with Gasteiger partial charge in [-0.05, 0) is 31.7 Å². The van der Waals surface area contributed by atoms with Gasteiger partial charge in [0.2, 0.25) is 0 Å². The van der Waals surface area contributed by atoms with E-state index >= 15 is 0 Å². The summed E-state index contributed by atoms with van der Waals surface area (Å²) in [6, 6.07) is 3.21. The molecule has 4 heterocycles. The largest absolute Gasteiger partial charge is 0.356 e. The number of nitrogens with zero attached hydrogens (tertiary/aromatic N) is 8. The summed E-state index contributed by atoms with van der Waals surface area (Å²) in [6.45, 7) is 1.97. The first-order valence-corrected chi connectivity index (χ1v) is 9.23. The molecule has 1 aliphatic carbocycles. The Morgan fingerprint density at radius 1 is 1.00 bits per heavy atom. The molecule has 3 aromatic rings. The molecule has 8 heteroatoms. The molecule has 5 rings (SSSR count). The van der Waals surface area contributed by atoms with E-state index in [2.05, 4.69) is 34.8 Å². The van der Waals surface area contributed by atoms with Crippen LogP contribution in [0.3, 0.4) is 0 Å². The van der Waals surface area contributed by atoms with E-state index < -0.39 is 0 Å². The summed E-state index contributed by atoms with van der Waals surface area (Å²) < 4.78 is 1.80. The van der Waals surface area contributed by atoms with Crippen molar-refractivity contribution >= 4 is 22.7 Å². The van der Waals surface area contributed by atoms with Gasteiger partial charge < -0.3 is 9.80 Å². The molecule has 0 amide bonds. The van der Waals surface area contributed by atoms with Gasteiger partial charge in [0.15, 0.2) is 5.65 Å². The van der Waals surface area contributed by atoms with Crippen LogP contribution >= 0.6 is 0 Å². The third-order valence-corrected chi connectivity index (χ3v) is 5.44. The van der Waals surface area contributed by atoms with Crippen LogP contribution in [0.5, 0.6) is 0 Å².